The molecule has 0 aliphatic rings. The van der Waals surface area contributed by atoms with Crippen LogP contribution in [0, 0.1) is 5.41 Å². The van der Waals surface area contributed by atoms with Crippen molar-refractivity contribution in [3.63, 3.8) is 0 Å². The first-order valence-electron chi connectivity index (χ1n) is 5.75. The molecule has 2 nitrogen and oxygen atoms in total. The highest BCUT2D eigenvalue weighted by atomic mass is 16.3. The predicted octanol–water partition coefficient (Wildman–Crippen LogP) is 3.37. The van der Waals surface area contributed by atoms with Gasteiger partial charge in [0.05, 0.1) is 6.26 Å². The third kappa shape index (κ3) is 5.63. The molecule has 86 valence electrons. The summed E-state index contributed by atoms with van der Waals surface area (Å²) in [6, 6.07) is 4.24. The molecule has 1 aromatic heterocycles. The van der Waals surface area contributed by atoms with Gasteiger partial charge >= 0.3 is 0 Å². The van der Waals surface area contributed by atoms with Crippen LogP contribution in [0.2, 0.25) is 0 Å². The van der Waals surface area contributed by atoms with E-state index in [1.54, 1.807) is 6.26 Å². The zero-order chi connectivity index (χ0) is 11.3. The normalized spacial score (nSPS) is 14.1. The van der Waals surface area contributed by atoms with Gasteiger partial charge in [0.15, 0.2) is 0 Å². The van der Waals surface area contributed by atoms with E-state index in [4.69, 9.17) is 10.2 Å². The first-order valence-corrected chi connectivity index (χ1v) is 5.75. The highest BCUT2D eigenvalue weighted by Crippen LogP contribution is 2.22. The van der Waals surface area contributed by atoms with E-state index in [2.05, 4.69) is 20.8 Å². The van der Waals surface area contributed by atoms with Gasteiger partial charge in [0.2, 0.25) is 0 Å². The van der Waals surface area contributed by atoms with Gasteiger partial charge in [-0.3, -0.25) is 0 Å². The van der Waals surface area contributed by atoms with Crippen molar-refractivity contribution in [3.8, 4) is 0 Å². The second-order valence-corrected chi connectivity index (χ2v) is 5.48. The molecule has 0 amide bonds. The molecule has 2 heteroatoms. The Morgan fingerprint density at radius 2 is 2.07 bits per heavy atom. The van der Waals surface area contributed by atoms with Crippen LogP contribution in [0.15, 0.2) is 22.8 Å². The summed E-state index contributed by atoms with van der Waals surface area (Å²) in [5.41, 5.74) is 6.45. The Hall–Kier alpha value is -0.760. The van der Waals surface area contributed by atoms with Crippen LogP contribution in [-0.2, 0) is 6.42 Å². The Bertz CT molecular complexity index is 259. The number of furan rings is 1. The van der Waals surface area contributed by atoms with Crippen LogP contribution >= 0.6 is 0 Å². The standard InChI is InChI=1S/C13H23NO/c1-13(2,3)9-8-11(14)6-7-12-5-4-10-15-12/h4-5,10-11H,6-9,14H2,1-3H3. The summed E-state index contributed by atoms with van der Waals surface area (Å²) in [6.07, 6.45) is 5.98. The van der Waals surface area contributed by atoms with Crippen LogP contribution < -0.4 is 5.73 Å². The molecule has 1 aromatic rings. The summed E-state index contributed by atoms with van der Waals surface area (Å²) in [5, 5.41) is 0. The molecule has 0 aromatic carbocycles. The molecule has 0 radical (unpaired) electrons. The van der Waals surface area contributed by atoms with Gasteiger partial charge in [0.25, 0.3) is 0 Å². The summed E-state index contributed by atoms with van der Waals surface area (Å²) in [6.45, 7) is 6.77. The molecule has 15 heavy (non-hydrogen) atoms. The summed E-state index contributed by atoms with van der Waals surface area (Å²) >= 11 is 0. The van der Waals surface area contributed by atoms with Gasteiger partial charge in [-0.25, -0.2) is 0 Å². The third-order valence-electron chi connectivity index (χ3n) is 2.61. The van der Waals surface area contributed by atoms with Gasteiger partial charge in [0, 0.05) is 12.5 Å². The number of rotatable bonds is 5. The molecule has 1 unspecified atom stereocenters. The van der Waals surface area contributed by atoms with Crippen molar-refractivity contribution in [3.05, 3.63) is 24.2 Å². The Kier molecular flexibility index (Phi) is 4.40. The second kappa shape index (κ2) is 5.36. The lowest BCUT2D eigenvalue weighted by Crippen LogP contribution is -2.22. The average molecular weight is 209 g/mol. The minimum Gasteiger partial charge on any atom is -0.469 e. The largest absolute Gasteiger partial charge is 0.469 e. The first-order chi connectivity index (χ1) is 6.97. The minimum absolute atomic E-state index is 0.300. The van der Waals surface area contributed by atoms with Gasteiger partial charge < -0.3 is 10.2 Å². The Balaban J connectivity index is 2.16. The highest BCUT2D eigenvalue weighted by Gasteiger charge is 2.12. The fraction of sp³-hybridized carbons (Fsp3) is 0.692. The molecule has 1 heterocycles. The van der Waals surface area contributed by atoms with E-state index in [1.165, 1.54) is 6.42 Å². The zero-order valence-electron chi connectivity index (χ0n) is 10.1. The van der Waals surface area contributed by atoms with E-state index < -0.39 is 0 Å². The molecular formula is C13H23NO. The van der Waals surface area contributed by atoms with Crippen molar-refractivity contribution >= 4 is 0 Å². The smallest absolute Gasteiger partial charge is 0.103 e. The topological polar surface area (TPSA) is 39.2 Å². The molecule has 0 bridgehead atoms. The van der Waals surface area contributed by atoms with Crippen LogP contribution in [0.4, 0.5) is 0 Å². The van der Waals surface area contributed by atoms with E-state index in [0.717, 1.165) is 25.0 Å². The minimum atomic E-state index is 0.300. The number of aryl methyl sites for hydroxylation is 1. The Morgan fingerprint density at radius 1 is 1.33 bits per heavy atom. The molecule has 0 saturated carbocycles. The molecule has 0 spiro atoms. The maximum Gasteiger partial charge on any atom is 0.103 e. The average Bonchev–Trinajstić information content (AvgIpc) is 2.62. The number of hydrogen-bond acceptors (Lipinski definition) is 2. The molecule has 0 aliphatic heterocycles. The number of nitrogens with two attached hydrogens (primary N) is 1. The van der Waals surface area contributed by atoms with Crippen molar-refractivity contribution in [1.82, 2.24) is 0 Å². The van der Waals surface area contributed by atoms with Crippen molar-refractivity contribution in [2.24, 2.45) is 11.1 Å². The lowest BCUT2D eigenvalue weighted by atomic mass is 9.88. The fourth-order valence-corrected chi connectivity index (χ4v) is 1.55. The molecule has 0 saturated heterocycles. The number of hydrogen-bond donors (Lipinski definition) is 1. The van der Waals surface area contributed by atoms with E-state index in [9.17, 15) is 0 Å². The SMILES string of the molecule is CC(C)(C)CCC(N)CCc1ccco1. The van der Waals surface area contributed by atoms with Crippen LogP contribution in [0.1, 0.15) is 45.8 Å². The van der Waals surface area contributed by atoms with Gasteiger partial charge in [-0.1, -0.05) is 20.8 Å². The predicted molar refractivity (Wildman–Crippen MR) is 63.7 cm³/mol. The summed E-state index contributed by atoms with van der Waals surface area (Å²) in [4.78, 5) is 0. The molecule has 1 rings (SSSR count). The summed E-state index contributed by atoms with van der Waals surface area (Å²) in [7, 11) is 0. The van der Waals surface area contributed by atoms with Crippen molar-refractivity contribution in [2.45, 2.75) is 52.5 Å². The lowest BCUT2D eigenvalue weighted by Gasteiger charge is -2.20. The molecular weight excluding hydrogens is 186 g/mol. The Morgan fingerprint density at radius 3 is 2.60 bits per heavy atom. The fourth-order valence-electron chi connectivity index (χ4n) is 1.55. The van der Waals surface area contributed by atoms with Crippen LogP contribution in [0.25, 0.3) is 0 Å². The molecule has 2 N–H and O–H groups in total. The second-order valence-electron chi connectivity index (χ2n) is 5.48. The molecule has 1 atom stereocenters. The Labute approximate surface area is 92.9 Å². The van der Waals surface area contributed by atoms with E-state index in [-0.39, 0.29) is 0 Å². The lowest BCUT2D eigenvalue weighted by molar-refractivity contribution is 0.341. The van der Waals surface area contributed by atoms with E-state index in [0.29, 0.717) is 11.5 Å². The summed E-state index contributed by atoms with van der Waals surface area (Å²) < 4.78 is 5.27. The quantitative estimate of drug-likeness (QED) is 0.807. The zero-order valence-corrected chi connectivity index (χ0v) is 10.1. The van der Waals surface area contributed by atoms with Gasteiger partial charge in [-0.05, 0) is 36.8 Å². The summed E-state index contributed by atoms with van der Waals surface area (Å²) in [5.74, 6) is 1.04. The van der Waals surface area contributed by atoms with Crippen molar-refractivity contribution in [1.29, 1.82) is 0 Å². The highest BCUT2D eigenvalue weighted by molar-refractivity contribution is 4.98. The maximum absolute atomic E-state index is 6.06. The van der Waals surface area contributed by atoms with Gasteiger partial charge in [-0.2, -0.15) is 0 Å². The maximum atomic E-state index is 6.06. The van der Waals surface area contributed by atoms with Crippen molar-refractivity contribution < 1.29 is 4.42 Å². The van der Waals surface area contributed by atoms with Crippen molar-refractivity contribution in [2.75, 3.05) is 0 Å². The van der Waals surface area contributed by atoms with Gasteiger partial charge in [-0.15, -0.1) is 0 Å². The van der Waals surface area contributed by atoms with Gasteiger partial charge in [0.1, 0.15) is 5.76 Å². The molecule has 0 aliphatic carbocycles. The molecule has 0 fully saturated rings. The van der Waals surface area contributed by atoms with Crippen LogP contribution in [0.5, 0.6) is 0 Å². The van der Waals surface area contributed by atoms with Crippen LogP contribution in [0.3, 0.4) is 0 Å². The van der Waals surface area contributed by atoms with E-state index in [1.807, 2.05) is 12.1 Å². The van der Waals surface area contributed by atoms with Crippen LogP contribution in [-0.4, -0.2) is 6.04 Å². The monoisotopic (exact) mass is 209 g/mol. The van der Waals surface area contributed by atoms with E-state index >= 15 is 0 Å². The third-order valence-corrected chi connectivity index (χ3v) is 2.61. The first kappa shape index (κ1) is 12.3.